The second kappa shape index (κ2) is 9.05. The van der Waals surface area contributed by atoms with E-state index in [4.69, 9.17) is 10.5 Å². The molecule has 0 unspecified atom stereocenters. The molecule has 0 radical (unpaired) electrons. The monoisotopic (exact) mass is 331 g/mol. The number of ether oxygens (including phenoxy) is 1. The minimum Gasteiger partial charge on any atom is -0.497 e. The lowest BCUT2D eigenvalue weighted by Gasteiger charge is -2.12. The summed E-state index contributed by atoms with van der Waals surface area (Å²) in [4.78, 5) is 0. The number of rotatable bonds is 4. The Labute approximate surface area is 149 Å². The standard InChI is InChI=1S/C21H21N3O/c1-3-24-21-14-19(25-2)11-6-12-20(21)17(15-22)9-4-7-16-8-5-10-18(23)13-16/h5,8-14,24H,3,6,23H2,1-2H3/b17-9+. The molecule has 0 aromatic heterocycles. The maximum atomic E-state index is 9.57. The average molecular weight is 331 g/mol. The summed E-state index contributed by atoms with van der Waals surface area (Å²) < 4.78 is 5.33. The molecule has 0 fully saturated rings. The first-order valence-corrected chi connectivity index (χ1v) is 8.06. The van der Waals surface area contributed by atoms with Gasteiger partial charge in [0.2, 0.25) is 0 Å². The largest absolute Gasteiger partial charge is 0.497 e. The van der Waals surface area contributed by atoms with E-state index in [1.165, 1.54) is 0 Å². The van der Waals surface area contributed by atoms with Crippen LogP contribution in [0, 0.1) is 23.2 Å². The van der Waals surface area contributed by atoms with Crippen LogP contribution in [0.5, 0.6) is 0 Å². The van der Waals surface area contributed by atoms with Crippen LogP contribution in [0.3, 0.4) is 0 Å². The van der Waals surface area contributed by atoms with E-state index in [-0.39, 0.29) is 0 Å². The van der Waals surface area contributed by atoms with Gasteiger partial charge in [-0.15, -0.1) is 0 Å². The lowest BCUT2D eigenvalue weighted by Crippen LogP contribution is -2.15. The molecule has 2 rings (SSSR count). The third kappa shape index (κ3) is 5.06. The molecule has 0 amide bonds. The number of allylic oxidation sites excluding steroid dienone is 5. The first-order chi connectivity index (χ1) is 12.2. The van der Waals surface area contributed by atoms with E-state index in [0.29, 0.717) is 17.7 Å². The van der Waals surface area contributed by atoms with Crippen molar-refractivity contribution in [3.63, 3.8) is 0 Å². The van der Waals surface area contributed by atoms with Gasteiger partial charge in [0.15, 0.2) is 0 Å². The van der Waals surface area contributed by atoms with Crippen molar-refractivity contribution < 1.29 is 4.74 Å². The van der Waals surface area contributed by atoms with Gasteiger partial charge in [0.05, 0.1) is 12.7 Å². The van der Waals surface area contributed by atoms with Gasteiger partial charge in [0, 0.05) is 41.2 Å². The number of nitrogens with one attached hydrogen (secondary N) is 1. The van der Waals surface area contributed by atoms with E-state index < -0.39 is 0 Å². The Hall–Kier alpha value is -3.37. The van der Waals surface area contributed by atoms with Gasteiger partial charge in [-0.3, -0.25) is 0 Å². The first kappa shape index (κ1) is 18.0. The fraction of sp³-hybridized carbons (Fsp3) is 0.190. The number of likely N-dealkylation sites (N-methyl/N-ethyl adjacent to an activating group) is 1. The molecule has 1 aromatic rings. The van der Waals surface area contributed by atoms with Gasteiger partial charge in [-0.2, -0.15) is 5.26 Å². The zero-order chi connectivity index (χ0) is 18.1. The second-order valence-corrected chi connectivity index (χ2v) is 5.32. The van der Waals surface area contributed by atoms with Gasteiger partial charge in [0.25, 0.3) is 0 Å². The van der Waals surface area contributed by atoms with Crippen LogP contribution in [0.2, 0.25) is 0 Å². The molecule has 0 saturated heterocycles. The van der Waals surface area contributed by atoms with Crippen LogP contribution in [0.15, 0.2) is 71.2 Å². The van der Waals surface area contributed by atoms with Crippen LogP contribution >= 0.6 is 0 Å². The Morgan fingerprint density at radius 3 is 2.92 bits per heavy atom. The van der Waals surface area contributed by atoms with E-state index in [0.717, 1.165) is 29.1 Å². The van der Waals surface area contributed by atoms with Gasteiger partial charge >= 0.3 is 0 Å². The third-order valence-corrected chi connectivity index (χ3v) is 3.55. The average Bonchev–Trinajstić information content (AvgIpc) is 2.81. The van der Waals surface area contributed by atoms with E-state index in [2.05, 4.69) is 23.2 Å². The maximum absolute atomic E-state index is 9.57. The fourth-order valence-electron chi connectivity index (χ4n) is 2.39. The number of benzene rings is 1. The quantitative estimate of drug-likeness (QED) is 0.504. The molecule has 126 valence electrons. The molecule has 4 nitrogen and oxygen atoms in total. The van der Waals surface area contributed by atoms with Crippen molar-refractivity contribution >= 4 is 5.69 Å². The van der Waals surface area contributed by atoms with Crippen LogP contribution in [0.25, 0.3) is 0 Å². The Morgan fingerprint density at radius 1 is 1.40 bits per heavy atom. The molecule has 4 heteroatoms. The smallest absolute Gasteiger partial charge is 0.117 e. The van der Waals surface area contributed by atoms with E-state index in [1.54, 1.807) is 19.3 Å². The zero-order valence-electron chi connectivity index (χ0n) is 14.5. The maximum Gasteiger partial charge on any atom is 0.117 e. The first-order valence-electron chi connectivity index (χ1n) is 8.06. The van der Waals surface area contributed by atoms with Crippen LogP contribution in [0.4, 0.5) is 5.69 Å². The summed E-state index contributed by atoms with van der Waals surface area (Å²) in [7, 11) is 1.63. The van der Waals surface area contributed by atoms with Crippen molar-refractivity contribution in [2.45, 2.75) is 13.3 Å². The number of hydrogen-bond donors (Lipinski definition) is 2. The minimum absolute atomic E-state index is 0.509. The lowest BCUT2D eigenvalue weighted by atomic mass is 10.0. The van der Waals surface area contributed by atoms with Crippen molar-refractivity contribution in [1.29, 1.82) is 5.26 Å². The molecule has 1 aliphatic carbocycles. The summed E-state index contributed by atoms with van der Waals surface area (Å²) in [5.74, 6) is 6.73. The minimum atomic E-state index is 0.509. The normalized spacial score (nSPS) is 14.0. The van der Waals surface area contributed by atoms with Crippen molar-refractivity contribution in [2.24, 2.45) is 0 Å². The Kier molecular flexibility index (Phi) is 6.51. The summed E-state index contributed by atoms with van der Waals surface area (Å²) in [5, 5.41) is 12.9. The van der Waals surface area contributed by atoms with Gasteiger partial charge in [-0.1, -0.05) is 24.0 Å². The highest BCUT2D eigenvalue weighted by molar-refractivity contribution is 5.58. The summed E-state index contributed by atoms with van der Waals surface area (Å²) in [6.45, 7) is 2.75. The molecule has 25 heavy (non-hydrogen) atoms. The molecule has 1 aliphatic rings. The molecule has 0 atom stereocenters. The molecule has 0 saturated carbocycles. The number of nitrogens with two attached hydrogens (primary N) is 1. The number of hydrogen-bond acceptors (Lipinski definition) is 4. The molecule has 3 N–H and O–H groups in total. The van der Waals surface area contributed by atoms with E-state index in [1.807, 2.05) is 43.4 Å². The molecule has 0 bridgehead atoms. The summed E-state index contributed by atoms with van der Waals surface area (Å²) in [5.41, 5.74) is 9.42. The molecular weight excluding hydrogens is 310 g/mol. The summed E-state index contributed by atoms with van der Waals surface area (Å²) in [6, 6.07) is 9.59. The SMILES string of the molecule is CCNC1=CC(OC)=CCC=C1/C(C#N)=C/C#Cc1cccc(N)c1. The number of nitriles is 1. The van der Waals surface area contributed by atoms with Crippen LogP contribution in [-0.2, 0) is 4.74 Å². The summed E-state index contributed by atoms with van der Waals surface area (Å²) >= 11 is 0. The van der Waals surface area contributed by atoms with Crippen LogP contribution in [-0.4, -0.2) is 13.7 Å². The van der Waals surface area contributed by atoms with Crippen molar-refractivity contribution in [1.82, 2.24) is 5.32 Å². The number of nitrogens with zero attached hydrogens (tertiary/aromatic N) is 1. The molecular formula is C21H21N3O. The zero-order valence-corrected chi connectivity index (χ0v) is 14.5. The second-order valence-electron chi connectivity index (χ2n) is 5.32. The van der Waals surface area contributed by atoms with Gasteiger partial charge in [-0.05, 0) is 37.6 Å². The van der Waals surface area contributed by atoms with Crippen LogP contribution in [0.1, 0.15) is 18.9 Å². The predicted molar refractivity (Wildman–Crippen MR) is 101 cm³/mol. The molecule has 1 aromatic carbocycles. The molecule has 0 heterocycles. The highest BCUT2D eigenvalue weighted by Crippen LogP contribution is 2.23. The number of anilines is 1. The Bertz CT molecular complexity index is 855. The van der Waals surface area contributed by atoms with Gasteiger partial charge in [0.1, 0.15) is 11.8 Å². The number of methoxy groups -OCH3 is 1. The lowest BCUT2D eigenvalue weighted by molar-refractivity contribution is 0.305. The molecule has 0 spiro atoms. The number of nitrogen functional groups attached to an aromatic ring is 1. The molecule has 0 aliphatic heterocycles. The Balaban J connectivity index is 2.33. The third-order valence-electron chi connectivity index (χ3n) is 3.55. The van der Waals surface area contributed by atoms with Gasteiger partial charge in [-0.25, -0.2) is 0 Å². The van der Waals surface area contributed by atoms with Crippen molar-refractivity contribution in [3.8, 4) is 17.9 Å². The fourth-order valence-corrected chi connectivity index (χ4v) is 2.39. The van der Waals surface area contributed by atoms with E-state index in [9.17, 15) is 5.26 Å². The highest BCUT2D eigenvalue weighted by Gasteiger charge is 2.13. The van der Waals surface area contributed by atoms with E-state index >= 15 is 0 Å². The summed E-state index contributed by atoms with van der Waals surface area (Å²) in [6.07, 6.45) is 8.19. The van der Waals surface area contributed by atoms with Crippen molar-refractivity contribution in [2.75, 3.05) is 19.4 Å². The highest BCUT2D eigenvalue weighted by atomic mass is 16.5. The Morgan fingerprint density at radius 2 is 2.24 bits per heavy atom. The topological polar surface area (TPSA) is 71.1 Å². The predicted octanol–water partition coefficient (Wildman–Crippen LogP) is 3.42. The van der Waals surface area contributed by atoms with Gasteiger partial charge < -0.3 is 15.8 Å². The van der Waals surface area contributed by atoms with Crippen LogP contribution < -0.4 is 11.1 Å². The van der Waals surface area contributed by atoms with Crippen molar-refractivity contribution in [3.05, 3.63) is 76.7 Å².